The average molecular weight is 400 g/mol. The number of hydrogen-bond donors (Lipinski definition) is 1. The quantitative estimate of drug-likeness (QED) is 0.501. The molecule has 1 N–H and O–H groups in total. The Bertz CT molecular complexity index is 1220. The van der Waals surface area contributed by atoms with Crippen molar-refractivity contribution in [3.63, 3.8) is 0 Å². The predicted molar refractivity (Wildman–Crippen MR) is 98.2 cm³/mol. The van der Waals surface area contributed by atoms with Gasteiger partial charge in [-0.2, -0.15) is 13.2 Å². The van der Waals surface area contributed by atoms with Crippen LogP contribution in [-0.4, -0.2) is 20.4 Å². The van der Waals surface area contributed by atoms with E-state index in [2.05, 4.69) is 15.3 Å². The smallest absolute Gasteiger partial charge is 0.319 e. The van der Waals surface area contributed by atoms with Crippen LogP contribution in [0.4, 0.5) is 23.2 Å². The van der Waals surface area contributed by atoms with Crippen molar-refractivity contribution in [2.75, 3.05) is 5.32 Å². The minimum absolute atomic E-state index is 0.0191. The van der Waals surface area contributed by atoms with Gasteiger partial charge >= 0.3 is 6.18 Å². The van der Waals surface area contributed by atoms with E-state index in [0.29, 0.717) is 0 Å². The minimum atomic E-state index is -4.76. The molecule has 2 heterocycles. The number of amides is 1. The van der Waals surface area contributed by atoms with Gasteiger partial charge in [0.25, 0.3) is 5.91 Å². The molecule has 2 aromatic heterocycles. The fraction of sp³-hybridized carbons (Fsp3) is 0.0500. The van der Waals surface area contributed by atoms with Crippen LogP contribution in [0.1, 0.15) is 16.2 Å². The first kappa shape index (κ1) is 18.6. The van der Waals surface area contributed by atoms with Crippen LogP contribution < -0.4 is 5.32 Å². The van der Waals surface area contributed by atoms with Gasteiger partial charge in [0.15, 0.2) is 5.82 Å². The van der Waals surface area contributed by atoms with Crippen LogP contribution in [0.25, 0.3) is 16.9 Å². The zero-order valence-corrected chi connectivity index (χ0v) is 14.6. The van der Waals surface area contributed by atoms with E-state index in [9.17, 15) is 22.4 Å². The summed E-state index contributed by atoms with van der Waals surface area (Å²) in [6.07, 6.45) is -3.47. The topological polar surface area (TPSA) is 59.8 Å². The van der Waals surface area contributed by atoms with E-state index in [0.717, 1.165) is 10.6 Å². The summed E-state index contributed by atoms with van der Waals surface area (Å²) >= 11 is 0. The first-order chi connectivity index (χ1) is 13.9. The van der Waals surface area contributed by atoms with Crippen molar-refractivity contribution in [3.05, 3.63) is 84.1 Å². The van der Waals surface area contributed by atoms with Gasteiger partial charge in [-0.3, -0.25) is 9.36 Å². The largest absolute Gasteiger partial charge is 0.450 e. The van der Waals surface area contributed by atoms with Gasteiger partial charge in [0, 0.05) is 6.20 Å². The number of nitrogens with one attached hydrogen (secondary N) is 1. The Morgan fingerprint density at radius 3 is 2.45 bits per heavy atom. The second-order valence-electron chi connectivity index (χ2n) is 6.07. The summed E-state index contributed by atoms with van der Waals surface area (Å²) in [5.41, 5.74) is 0.0278. The fourth-order valence-electron chi connectivity index (χ4n) is 2.94. The molecule has 4 aromatic rings. The maximum Gasteiger partial charge on any atom is 0.450 e. The van der Waals surface area contributed by atoms with Crippen LogP contribution in [-0.2, 0) is 6.18 Å². The number of aromatic nitrogens is 3. The number of carbonyl (C=O) groups excluding carboxylic acids is 1. The number of fused-ring (bicyclic) bond motifs is 1. The third kappa shape index (κ3) is 3.42. The number of nitrogens with zero attached hydrogens (tertiary/aromatic N) is 3. The molecule has 0 saturated heterocycles. The standard InChI is InChI=1S/C20H12F4N4O/c21-13-7-2-1-6-12(13)18(29)26-15-9-5-11-25-17(15)28-16-10-4-3-8-14(16)27-19(28)20(22,23)24/h1-11H,(H,26,29). The number of benzene rings is 2. The maximum atomic E-state index is 13.9. The summed E-state index contributed by atoms with van der Waals surface area (Å²) in [7, 11) is 0. The normalized spacial score (nSPS) is 11.6. The SMILES string of the molecule is O=C(Nc1cccnc1-n1c(C(F)(F)F)nc2ccccc21)c1ccccc1F. The second kappa shape index (κ2) is 7.01. The Kier molecular flexibility index (Phi) is 4.50. The lowest BCUT2D eigenvalue weighted by atomic mass is 10.2. The average Bonchev–Trinajstić information content (AvgIpc) is 3.09. The lowest BCUT2D eigenvalue weighted by molar-refractivity contribution is -0.145. The van der Waals surface area contributed by atoms with Gasteiger partial charge < -0.3 is 5.32 Å². The molecule has 146 valence electrons. The van der Waals surface area contributed by atoms with Crippen LogP contribution in [0.15, 0.2) is 66.9 Å². The molecule has 0 atom stereocenters. The number of alkyl halides is 3. The molecule has 0 saturated carbocycles. The second-order valence-corrected chi connectivity index (χ2v) is 6.07. The molecule has 0 aliphatic heterocycles. The molecule has 9 heteroatoms. The van der Waals surface area contributed by atoms with Crippen molar-refractivity contribution in [1.29, 1.82) is 0 Å². The van der Waals surface area contributed by atoms with Crippen LogP contribution in [0.5, 0.6) is 0 Å². The van der Waals surface area contributed by atoms with E-state index in [1.165, 1.54) is 48.7 Å². The maximum absolute atomic E-state index is 13.9. The van der Waals surface area contributed by atoms with Gasteiger partial charge in [0.2, 0.25) is 5.82 Å². The first-order valence-corrected chi connectivity index (χ1v) is 8.42. The molecule has 0 radical (unpaired) electrons. The zero-order valence-electron chi connectivity index (χ0n) is 14.6. The highest BCUT2D eigenvalue weighted by atomic mass is 19.4. The molecule has 2 aromatic carbocycles. The minimum Gasteiger partial charge on any atom is -0.319 e. The van der Waals surface area contributed by atoms with Crippen LogP contribution in [0.2, 0.25) is 0 Å². The monoisotopic (exact) mass is 400 g/mol. The zero-order chi connectivity index (χ0) is 20.6. The molecule has 0 aliphatic rings. The third-order valence-corrected chi connectivity index (χ3v) is 4.18. The number of hydrogen-bond acceptors (Lipinski definition) is 3. The Labute approximate surface area is 161 Å². The Morgan fingerprint density at radius 2 is 1.69 bits per heavy atom. The molecular weight excluding hydrogens is 388 g/mol. The lowest BCUT2D eigenvalue weighted by Crippen LogP contribution is -2.19. The first-order valence-electron chi connectivity index (χ1n) is 8.42. The summed E-state index contributed by atoms with van der Waals surface area (Å²) in [5, 5.41) is 2.44. The molecule has 1 amide bonds. The Hall–Kier alpha value is -3.75. The Balaban J connectivity index is 1.86. The van der Waals surface area contributed by atoms with Crippen molar-refractivity contribution in [2.45, 2.75) is 6.18 Å². The molecule has 29 heavy (non-hydrogen) atoms. The highest BCUT2D eigenvalue weighted by Gasteiger charge is 2.38. The van der Waals surface area contributed by atoms with E-state index in [1.54, 1.807) is 12.1 Å². The predicted octanol–water partition coefficient (Wildman–Crippen LogP) is 4.83. The number of halogens is 4. The molecule has 0 aliphatic carbocycles. The van der Waals surface area contributed by atoms with E-state index >= 15 is 0 Å². The van der Waals surface area contributed by atoms with E-state index in [-0.39, 0.29) is 28.1 Å². The Morgan fingerprint density at radius 1 is 0.966 bits per heavy atom. The number of imidazole rings is 1. The van der Waals surface area contributed by atoms with Gasteiger partial charge in [-0.15, -0.1) is 0 Å². The van der Waals surface area contributed by atoms with Gasteiger partial charge in [-0.05, 0) is 36.4 Å². The van der Waals surface area contributed by atoms with Crippen molar-refractivity contribution < 1.29 is 22.4 Å². The number of anilines is 1. The van der Waals surface area contributed by atoms with Crippen LogP contribution >= 0.6 is 0 Å². The molecule has 0 spiro atoms. The van der Waals surface area contributed by atoms with Crippen molar-refractivity contribution >= 4 is 22.6 Å². The molecule has 0 unspecified atom stereocenters. The fourth-order valence-corrected chi connectivity index (χ4v) is 2.94. The highest BCUT2D eigenvalue weighted by molar-refractivity contribution is 6.05. The number of carbonyl (C=O) groups is 1. The molecule has 5 nitrogen and oxygen atoms in total. The highest BCUT2D eigenvalue weighted by Crippen LogP contribution is 2.35. The van der Waals surface area contributed by atoms with Crippen molar-refractivity contribution in [2.24, 2.45) is 0 Å². The molecule has 4 rings (SSSR count). The van der Waals surface area contributed by atoms with Crippen molar-refractivity contribution in [3.8, 4) is 5.82 Å². The molecule has 0 fully saturated rings. The van der Waals surface area contributed by atoms with Crippen LogP contribution in [0.3, 0.4) is 0 Å². The number of para-hydroxylation sites is 2. The summed E-state index contributed by atoms with van der Waals surface area (Å²) in [6.45, 7) is 0. The van der Waals surface area contributed by atoms with E-state index in [1.807, 2.05) is 0 Å². The lowest BCUT2D eigenvalue weighted by Gasteiger charge is -2.15. The summed E-state index contributed by atoms with van der Waals surface area (Å²) in [6, 6.07) is 14.2. The number of pyridine rings is 1. The summed E-state index contributed by atoms with van der Waals surface area (Å²) in [5.74, 6) is -2.92. The van der Waals surface area contributed by atoms with E-state index in [4.69, 9.17) is 0 Å². The summed E-state index contributed by atoms with van der Waals surface area (Å²) in [4.78, 5) is 20.2. The van der Waals surface area contributed by atoms with Gasteiger partial charge in [-0.25, -0.2) is 14.4 Å². The van der Waals surface area contributed by atoms with Crippen molar-refractivity contribution in [1.82, 2.24) is 14.5 Å². The molecular formula is C20H12F4N4O. The number of rotatable bonds is 3. The molecule has 0 bridgehead atoms. The van der Waals surface area contributed by atoms with E-state index < -0.39 is 23.7 Å². The summed E-state index contributed by atoms with van der Waals surface area (Å²) < 4.78 is 55.6. The van der Waals surface area contributed by atoms with Gasteiger partial charge in [0.1, 0.15) is 5.82 Å². The van der Waals surface area contributed by atoms with Crippen LogP contribution in [0, 0.1) is 5.82 Å². The van der Waals surface area contributed by atoms with Gasteiger partial charge in [-0.1, -0.05) is 24.3 Å². The van der Waals surface area contributed by atoms with Gasteiger partial charge in [0.05, 0.1) is 22.3 Å². The third-order valence-electron chi connectivity index (χ3n) is 4.18.